The van der Waals surface area contributed by atoms with E-state index in [1.807, 2.05) is 0 Å². The highest BCUT2D eigenvalue weighted by Gasteiger charge is 2.07. The van der Waals surface area contributed by atoms with Gasteiger partial charge in [0.15, 0.2) is 0 Å². The minimum absolute atomic E-state index is 0.750. The number of hydrogen-bond acceptors (Lipinski definition) is 0. The molecule has 50 valence electrons. The minimum Gasteiger partial charge on any atom is -0.0843 e. The topological polar surface area (TPSA) is 0 Å². The lowest BCUT2D eigenvalue weighted by molar-refractivity contribution is 0.468. The first-order chi connectivity index (χ1) is 4.30. The standard InChI is InChI=1S/C9H14/c1-8-6-4-3-5-7-9(8)2/h3-6,8-9H,7H2,1-2H3. The van der Waals surface area contributed by atoms with E-state index in [4.69, 9.17) is 0 Å². The van der Waals surface area contributed by atoms with Crippen LogP contribution in [0.25, 0.3) is 0 Å². The molecule has 0 radical (unpaired) electrons. The third-order valence-electron chi connectivity index (χ3n) is 2.07. The zero-order valence-corrected chi connectivity index (χ0v) is 6.17. The van der Waals surface area contributed by atoms with Gasteiger partial charge in [-0.3, -0.25) is 0 Å². The Kier molecular flexibility index (Phi) is 2.10. The van der Waals surface area contributed by atoms with Crippen molar-refractivity contribution in [3.63, 3.8) is 0 Å². The van der Waals surface area contributed by atoms with Crippen LogP contribution >= 0.6 is 0 Å². The van der Waals surface area contributed by atoms with Crippen LogP contribution in [-0.2, 0) is 0 Å². The van der Waals surface area contributed by atoms with E-state index in [2.05, 4.69) is 38.2 Å². The van der Waals surface area contributed by atoms with E-state index in [1.54, 1.807) is 0 Å². The fraction of sp³-hybridized carbons (Fsp3) is 0.556. The van der Waals surface area contributed by atoms with E-state index in [-0.39, 0.29) is 0 Å². The predicted molar refractivity (Wildman–Crippen MR) is 41.2 cm³/mol. The Bertz CT molecular complexity index is 131. The van der Waals surface area contributed by atoms with Gasteiger partial charge in [-0.05, 0) is 18.3 Å². The molecule has 0 saturated carbocycles. The van der Waals surface area contributed by atoms with Gasteiger partial charge in [0.1, 0.15) is 0 Å². The SMILES string of the molecule is CC1C=CC=CCC1C. The average Bonchev–Trinajstić information content (AvgIpc) is 1.99. The van der Waals surface area contributed by atoms with Crippen LogP contribution in [0.15, 0.2) is 24.3 Å². The van der Waals surface area contributed by atoms with Crippen molar-refractivity contribution in [1.29, 1.82) is 0 Å². The van der Waals surface area contributed by atoms with Crippen LogP contribution in [0.2, 0.25) is 0 Å². The first-order valence-corrected chi connectivity index (χ1v) is 3.64. The summed E-state index contributed by atoms with van der Waals surface area (Å²) in [6, 6.07) is 0. The summed E-state index contributed by atoms with van der Waals surface area (Å²) in [5, 5.41) is 0. The molecule has 0 saturated heterocycles. The van der Waals surface area contributed by atoms with Gasteiger partial charge in [-0.25, -0.2) is 0 Å². The van der Waals surface area contributed by atoms with Gasteiger partial charge in [-0.15, -0.1) is 0 Å². The molecule has 1 aliphatic carbocycles. The monoisotopic (exact) mass is 122 g/mol. The Morgan fingerprint density at radius 3 is 2.78 bits per heavy atom. The average molecular weight is 122 g/mol. The van der Waals surface area contributed by atoms with Gasteiger partial charge in [0.05, 0.1) is 0 Å². The molecule has 0 aromatic rings. The predicted octanol–water partition coefficient (Wildman–Crippen LogP) is 2.77. The number of allylic oxidation sites excluding steroid dienone is 4. The smallest absolute Gasteiger partial charge is 0.0230 e. The van der Waals surface area contributed by atoms with Gasteiger partial charge in [-0.1, -0.05) is 38.2 Å². The summed E-state index contributed by atoms with van der Waals surface area (Å²) in [6.07, 6.45) is 10.0. The normalized spacial score (nSPS) is 34.4. The molecular formula is C9H14. The largest absolute Gasteiger partial charge is 0.0843 e. The van der Waals surface area contributed by atoms with Crippen molar-refractivity contribution in [3.8, 4) is 0 Å². The first kappa shape index (κ1) is 6.60. The van der Waals surface area contributed by atoms with Crippen LogP contribution in [0, 0.1) is 11.8 Å². The highest BCUT2D eigenvalue weighted by Crippen LogP contribution is 2.18. The Balaban J connectivity index is 2.58. The van der Waals surface area contributed by atoms with E-state index in [0.717, 1.165) is 11.8 Å². The fourth-order valence-corrected chi connectivity index (χ4v) is 1.02. The van der Waals surface area contributed by atoms with Crippen molar-refractivity contribution in [2.45, 2.75) is 20.3 Å². The molecule has 0 amide bonds. The Morgan fingerprint density at radius 2 is 2.00 bits per heavy atom. The molecule has 2 atom stereocenters. The van der Waals surface area contributed by atoms with E-state index in [1.165, 1.54) is 6.42 Å². The molecule has 0 heterocycles. The summed E-state index contributed by atoms with van der Waals surface area (Å²) in [7, 11) is 0. The lowest BCUT2D eigenvalue weighted by atomic mass is 9.94. The Hall–Kier alpha value is -0.520. The Morgan fingerprint density at radius 1 is 1.22 bits per heavy atom. The zero-order chi connectivity index (χ0) is 6.69. The first-order valence-electron chi connectivity index (χ1n) is 3.64. The molecule has 0 aliphatic heterocycles. The summed E-state index contributed by atoms with van der Waals surface area (Å²) in [4.78, 5) is 0. The van der Waals surface area contributed by atoms with Crippen LogP contribution in [0.1, 0.15) is 20.3 Å². The van der Waals surface area contributed by atoms with Crippen LogP contribution < -0.4 is 0 Å². The van der Waals surface area contributed by atoms with E-state index in [0.29, 0.717) is 0 Å². The molecule has 0 fully saturated rings. The van der Waals surface area contributed by atoms with Crippen molar-refractivity contribution in [2.75, 3.05) is 0 Å². The highest BCUT2D eigenvalue weighted by molar-refractivity contribution is 5.08. The lowest BCUT2D eigenvalue weighted by Crippen LogP contribution is -2.01. The van der Waals surface area contributed by atoms with Crippen molar-refractivity contribution < 1.29 is 0 Å². The summed E-state index contributed by atoms with van der Waals surface area (Å²) in [6.45, 7) is 4.57. The van der Waals surface area contributed by atoms with E-state index >= 15 is 0 Å². The molecule has 0 aromatic heterocycles. The molecule has 0 aromatic carbocycles. The molecule has 2 unspecified atom stereocenters. The van der Waals surface area contributed by atoms with Crippen molar-refractivity contribution in [1.82, 2.24) is 0 Å². The van der Waals surface area contributed by atoms with Gasteiger partial charge in [0.2, 0.25) is 0 Å². The highest BCUT2D eigenvalue weighted by atomic mass is 14.1. The Labute approximate surface area is 57.3 Å². The second-order valence-corrected chi connectivity index (χ2v) is 2.89. The number of hydrogen-bond donors (Lipinski definition) is 0. The van der Waals surface area contributed by atoms with Crippen molar-refractivity contribution in [3.05, 3.63) is 24.3 Å². The van der Waals surface area contributed by atoms with Gasteiger partial charge in [0, 0.05) is 0 Å². The second-order valence-electron chi connectivity index (χ2n) is 2.89. The van der Waals surface area contributed by atoms with Crippen LogP contribution in [0.5, 0.6) is 0 Å². The molecule has 9 heavy (non-hydrogen) atoms. The van der Waals surface area contributed by atoms with E-state index < -0.39 is 0 Å². The van der Waals surface area contributed by atoms with Crippen LogP contribution in [0.3, 0.4) is 0 Å². The summed E-state index contributed by atoms with van der Waals surface area (Å²) >= 11 is 0. The number of rotatable bonds is 0. The van der Waals surface area contributed by atoms with Crippen molar-refractivity contribution >= 4 is 0 Å². The summed E-state index contributed by atoms with van der Waals surface area (Å²) in [5.41, 5.74) is 0. The quantitative estimate of drug-likeness (QED) is 0.463. The molecular weight excluding hydrogens is 108 g/mol. The molecule has 0 N–H and O–H groups in total. The molecule has 0 bridgehead atoms. The second kappa shape index (κ2) is 2.86. The maximum atomic E-state index is 2.30. The third kappa shape index (κ3) is 1.70. The minimum atomic E-state index is 0.750. The summed E-state index contributed by atoms with van der Waals surface area (Å²) in [5.74, 6) is 1.57. The van der Waals surface area contributed by atoms with Gasteiger partial charge in [-0.2, -0.15) is 0 Å². The maximum absolute atomic E-state index is 2.30. The van der Waals surface area contributed by atoms with Gasteiger partial charge < -0.3 is 0 Å². The van der Waals surface area contributed by atoms with Gasteiger partial charge >= 0.3 is 0 Å². The molecule has 0 nitrogen and oxygen atoms in total. The summed E-state index contributed by atoms with van der Waals surface area (Å²) < 4.78 is 0. The van der Waals surface area contributed by atoms with Gasteiger partial charge in [0.25, 0.3) is 0 Å². The zero-order valence-electron chi connectivity index (χ0n) is 6.17. The molecule has 1 aliphatic rings. The van der Waals surface area contributed by atoms with Crippen molar-refractivity contribution in [2.24, 2.45) is 11.8 Å². The van der Waals surface area contributed by atoms with E-state index in [9.17, 15) is 0 Å². The fourth-order valence-electron chi connectivity index (χ4n) is 1.02. The molecule has 1 rings (SSSR count). The van der Waals surface area contributed by atoms with Crippen LogP contribution in [-0.4, -0.2) is 0 Å². The third-order valence-corrected chi connectivity index (χ3v) is 2.07. The maximum Gasteiger partial charge on any atom is -0.0230 e. The molecule has 0 heteroatoms. The lowest BCUT2D eigenvalue weighted by Gasteiger charge is -2.11. The molecule has 0 spiro atoms. The van der Waals surface area contributed by atoms with Crippen LogP contribution in [0.4, 0.5) is 0 Å².